The number of amides is 2. The van der Waals surface area contributed by atoms with Crippen LogP contribution in [-0.4, -0.2) is 40.2 Å². The molecule has 1 fully saturated rings. The van der Waals surface area contributed by atoms with E-state index in [1.54, 1.807) is 12.1 Å². The van der Waals surface area contributed by atoms with Crippen molar-refractivity contribution < 1.29 is 24.2 Å². The Morgan fingerprint density at radius 2 is 1.62 bits per heavy atom. The second kappa shape index (κ2) is 8.62. The lowest BCUT2D eigenvalue weighted by atomic mass is 9.98. The number of carboxylic acid groups (broad SMARTS) is 1. The average Bonchev–Trinajstić information content (AvgIpc) is 3.49. The molecule has 8 nitrogen and oxygen atoms in total. The van der Waals surface area contributed by atoms with E-state index in [1.807, 2.05) is 36.4 Å². The number of anilines is 1. The van der Waals surface area contributed by atoms with Gasteiger partial charge in [0.25, 0.3) is 5.91 Å². The molecule has 2 aliphatic rings. The number of carbonyl (C=O) groups excluding carboxylic acids is 2. The molecule has 0 spiro atoms. The molecule has 0 saturated heterocycles. The maximum atomic E-state index is 12.8. The van der Waals surface area contributed by atoms with Crippen molar-refractivity contribution in [2.45, 2.75) is 30.7 Å². The van der Waals surface area contributed by atoms with Gasteiger partial charge in [-0.3, -0.25) is 14.9 Å². The Morgan fingerprint density at radius 1 is 0.971 bits per heavy atom. The van der Waals surface area contributed by atoms with E-state index in [0.717, 1.165) is 22.3 Å². The van der Waals surface area contributed by atoms with Gasteiger partial charge in [-0.15, -0.1) is 0 Å². The Labute approximate surface area is 196 Å². The lowest BCUT2D eigenvalue weighted by molar-refractivity contribution is -0.137. The first-order valence-electron chi connectivity index (χ1n) is 11.1. The third-order valence-corrected chi connectivity index (χ3v) is 6.33. The van der Waals surface area contributed by atoms with Crippen LogP contribution in [0.15, 0.2) is 66.9 Å². The van der Waals surface area contributed by atoms with Gasteiger partial charge in [0.15, 0.2) is 5.69 Å². The highest BCUT2D eigenvalue weighted by atomic mass is 16.5. The van der Waals surface area contributed by atoms with Crippen molar-refractivity contribution in [3.05, 3.63) is 83.7 Å². The Kier molecular flexibility index (Phi) is 5.49. The number of fused-ring (bicyclic) bond motifs is 3. The van der Waals surface area contributed by atoms with Crippen LogP contribution in [-0.2, 0) is 9.53 Å². The lowest BCUT2D eigenvalue weighted by Crippen LogP contribution is -2.39. The predicted octanol–water partition coefficient (Wildman–Crippen LogP) is 4.18. The maximum Gasteiger partial charge on any atom is 0.411 e. The van der Waals surface area contributed by atoms with Gasteiger partial charge in [0.1, 0.15) is 6.61 Å². The van der Waals surface area contributed by atoms with Crippen molar-refractivity contribution in [1.29, 1.82) is 0 Å². The summed E-state index contributed by atoms with van der Waals surface area (Å²) >= 11 is 0. The van der Waals surface area contributed by atoms with Crippen LogP contribution in [0, 0.1) is 0 Å². The fraction of sp³-hybridized carbons (Fsp3) is 0.231. The monoisotopic (exact) mass is 457 g/mol. The molecule has 172 valence electrons. The summed E-state index contributed by atoms with van der Waals surface area (Å²) < 4.78 is 5.56. The molecule has 0 radical (unpaired) electrons. The molecule has 0 unspecified atom stereocenters. The van der Waals surface area contributed by atoms with E-state index in [-0.39, 0.29) is 30.3 Å². The molecule has 3 N–H and O–H groups in total. The Bertz CT molecular complexity index is 1240. The number of benzene rings is 2. The number of carbonyl (C=O) groups is 3. The summed E-state index contributed by atoms with van der Waals surface area (Å²) in [5, 5.41) is 14.4. The zero-order valence-corrected chi connectivity index (χ0v) is 18.3. The molecule has 1 aromatic heterocycles. The molecule has 3 aromatic rings. The van der Waals surface area contributed by atoms with E-state index in [1.165, 1.54) is 6.20 Å². The number of nitrogens with zero attached hydrogens (tertiary/aromatic N) is 1. The first-order chi connectivity index (χ1) is 16.5. The minimum atomic E-state index is -0.976. The van der Waals surface area contributed by atoms with E-state index in [0.29, 0.717) is 12.8 Å². The van der Waals surface area contributed by atoms with Gasteiger partial charge in [0, 0.05) is 12.1 Å². The van der Waals surface area contributed by atoms with E-state index < -0.39 is 23.5 Å². The second-order valence-corrected chi connectivity index (χ2v) is 8.66. The number of nitrogens with one attached hydrogen (secondary N) is 2. The van der Waals surface area contributed by atoms with Crippen molar-refractivity contribution >= 4 is 23.7 Å². The number of pyridine rings is 1. The molecule has 5 rings (SSSR count). The highest BCUT2D eigenvalue weighted by Gasteiger charge is 2.46. The molecular formula is C26H23N3O5. The zero-order chi connectivity index (χ0) is 23.7. The van der Waals surface area contributed by atoms with Crippen LogP contribution in [0.2, 0.25) is 0 Å². The third kappa shape index (κ3) is 4.22. The van der Waals surface area contributed by atoms with Crippen LogP contribution >= 0.6 is 0 Å². The summed E-state index contributed by atoms with van der Waals surface area (Å²) in [5.41, 5.74) is 3.93. The maximum absolute atomic E-state index is 12.8. The van der Waals surface area contributed by atoms with Gasteiger partial charge in [-0.1, -0.05) is 48.5 Å². The molecule has 1 heterocycles. The largest absolute Gasteiger partial charge is 0.481 e. The third-order valence-electron chi connectivity index (χ3n) is 6.33. The predicted molar refractivity (Wildman–Crippen MR) is 125 cm³/mol. The molecule has 2 aromatic carbocycles. The van der Waals surface area contributed by atoms with Gasteiger partial charge in [0.05, 0.1) is 17.6 Å². The summed E-state index contributed by atoms with van der Waals surface area (Å²) in [7, 11) is 0. The van der Waals surface area contributed by atoms with Gasteiger partial charge >= 0.3 is 12.1 Å². The first-order valence-corrected chi connectivity index (χ1v) is 11.1. The number of rotatable bonds is 7. The number of carboxylic acids is 1. The van der Waals surface area contributed by atoms with Gasteiger partial charge in [-0.25, -0.2) is 9.78 Å². The van der Waals surface area contributed by atoms with Crippen molar-refractivity contribution in [2.75, 3.05) is 11.9 Å². The van der Waals surface area contributed by atoms with Crippen molar-refractivity contribution in [2.24, 2.45) is 0 Å². The number of hydrogen-bond acceptors (Lipinski definition) is 5. The minimum Gasteiger partial charge on any atom is -0.481 e. The molecule has 0 atom stereocenters. The fourth-order valence-electron chi connectivity index (χ4n) is 4.52. The van der Waals surface area contributed by atoms with Gasteiger partial charge < -0.3 is 15.2 Å². The number of ether oxygens (including phenoxy) is 1. The van der Waals surface area contributed by atoms with Crippen molar-refractivity contribution in [3.8, 4) is 11.1 Å². The molecule has 2 aliphatic carbocycles. The van der Waals surface area contributed by atoms with Crippen LogP contribution in [0.25, 0.3) is 11.1 Å². The van der Waals surface area contributed by atoms with E-state index in [9.17, 15) is 14.4 Å². The van der Waals surface area contributed by atoms with Crippen LogP contribution in [0.1, 0.15) is 46.8 Å². The van der Waals surface area contributed by atoms with Gasteiger partial charge in [-0.05, 0) is 47.2 Å². The fourth-order valence-corrected chi connectivity index (χ4v) is 4.52. The quantitative estimate of drug-likeness (QED) is 0.490. The molecule has 0 bridgehead atoms. The van der Waals surface area contributed by atoms with Crippen LogP contribution < -0.4 is 10.6 Å². The molecular weight excluding hydrogens is 434 g/mol. The summed E-state index contributed by atoms with van der Waals surface area (Å²) in [6, 6.07) is 19.3. The first kappa shape index (κ1) is 21.6. The average molecular weight is 457 g/mol. The molecule has 2 amide bonds. The van der Waals surface area contributed by atoms with Crippen LogP contribution in [0.3, 0.4) is 0 Å². The smallest absolute Gasteiger partial charge is 0.411 e. The van der Waals surface area contributed by atoms with Gasteiger partial charge in [0.2, 0.25) is 0 Å². The minimum absolute atomic E-state index is 0.00710. The standard InChI is InChI=1S/C26H23N3O5/c30-22(31)14-26(11-12-26)29-24(32)23-21(10-5-13-27-23)28-25(33)34-15-20-18-8-3-1-6-16(18)17-7-2-4-9-19(17)20/h1-10,13,20H,11-12,14-15H2,(H,28,33)(H,29,32)(H,30,31). The summed E-state index contributed by atoms with van der Waals surface area (Å²) in [4.78, 5) is 40.6. The van der Waals surface area contributed by atoms with Gasteiger partial charge in [-0.2, -0.15) is 0 Å². The Balaban J connectivity index is 1.27. The molecule has 34 heavy (non-hydrogen) atoms. The summed E-state index contributed by atoms with van der Waals surface area (Å²) in [6.45, 7) is 0.142. The SMILES string of the molecule is O=C(O)CC1(NC(=O)c2ncccc2NC(=O)OCC2c3ccccc3-c3ccccc32)CC1. The number of aliphatic carboxylic acids is 1. The highest BCUT2D eigenvalue weighted by molar-refractivity contribution is 6.01. The van der Waals surface area contributed by atoms with E-state index >= 15 is 0 Å². The van der Waals surface area contributed by atoms with Crippen LogP contribution in [0.5, 0.6) is 0 Å². The topological polar surface area (TPSA) is 118 Å². The lowest BCUT2D eigenvalue weighted by Gasteiger charge is -2.17. The van der Waals surface area contributed by atoms with Crippen molar-refractivity contribution in [3.63, 3.8) is 0 Å². The highest BCUT2D eigenvalue weighted by Crippen LogP contribution is 2.44. The summed E-state index contributed by atoms with van der Waals surface area (Å²) in [5.74, 6) is -1.59. The van der Waals surface area contributed by atoms with E-state index in [2.05, 4.69) is 27.8 Å². The van der Waals surface area contributed by atoms with E-state index in [4.69, 9.17) is 9.84 Å². The number of aromatic nitrogens is 1. The second-order valence-electron chi connectivity index (χ2n) is 8.66. The Morgan fingerprint density at radius 3 is 2.24 bits per heavy atom. The van der Waals surface area contributed by atoms with Crippen molar-refractivity contribution in [1.82, 2.24) is 10.3 Å². The molecule has 8 heteroatoms. The number of hydrogen-bond donors (Lipinski definition) is 3. The normalized spacial score (nSPS) is 15.1. The molecule has 0 aliphatic heterocycles. The molecule has 1 saturated carbocycles. The summed E-state index contributed by atoms with van der Waals surface area (Å²) in [6.07, 6.45) is 1.77. The zero-order valence-electron chi connectivity index (χ0n) is 18.3. The Hall–Kier alpha value is -4.20. The van der Waals surface area contributed by atoms with Crippen LogP contribution in [0.4, 0.5) is 10.5 Å².